The number of benzene rings is 3. The molecule has 8 heteroatoms. The Bertz CT molecular complexity index is 1470. The summed E-state index contributed by atoms with van der Waals surface area (Å²) >= 11 is 3.41. The predicted molar refractivity (Wildman–Crippen MR) is 149 cm³/mol. The Labute approximate surface area is 234 Å². The molecule has 0 aromatic heterocycles. The number of fused-ring (bicyclic) bond motifs is 5. The Morgan fingerprint density at radius 1 is 0.949 bits per heavy atom. The molecule has 7 nitrogen and oxygen atoms in total. The molecule has 3 aliphatic rings. The van der Waals surface area contributed by atoms with Crippen molar-refractivity contribution in [2.75, 3.05) is 16.8 Å². The standard InChI is InChI=1S/C31H27BrN2O5/c1-17-13-21(9-12-25(17)32)33-26(35)16-39-31(38)19-7-10-22(11-8-19)34-29(36)27-20-14-23(18-5-3-2-4-6-18)24(15-20)28(27)30(34)37/h2-13,20,23-24,27-28H,14-16H2,1H3,(H,33,35)/t20-,23-,24+,27+,28+/m0/s1. The maximum absolute atomic E-state index is 13.5. The Kier molecular flexibility index (Phi) is 6.59. The first kappa shape index (κ1) is 25.5. The summed E-state index contributed by atoms with van der Waals surface area (Å²) in [6.07, 6.45) is 1.85. The van der Waals surface area contributed by atoms with Gasteiger partial charge in [0, 0.05) is 10.2 Å². The average Bonchev–Trinajstić information content (AvgIpc) is 3.61. The Morgan fingerprint density at radius 3 is 2.38 bits per heavy atom. The fraction of sp³-hybridized carbons (Fsp3) is 0.290. The van der Waals surface area contributed by atoms with Crippen LogP contribution in [0.3, 0.4) is 0 Å². The van der Waals surface area contributed by atoms with Crippen LogP contribution in [-0.2, 0) is 19.1 Å². The first-order valence-electron chi connectivity index (χ1n) is 13.1. The van der Waals surface area contributed by atoms with Gasteiger partial charge in [0.05, 0.1) is 23.1 Å². The summed E-state index contributed by atoms with van der Waals surface area (Å²) < 4.78 is 6.10. The van der Waals surface area contributed by atoms with Crippen molar-refractivity contribution in [3.8, 4) is 0 Å². The molecule has 0 radical (unpaired) electrons. The van der Waals surface area contributed by atoms with E-state index in [0.717, 1.165) is 22.9 Å². The van der Waals surface area contributed by atoms with Crippen LogP contribution < -0.4 is 10.2 Å². The van der Waals surface area contributed by atoms with Crippen LogP contribution in [0.5, 0.6) is 0 Å². The monoisotopic (exact) mass is 586 g/mol. The zero-order valence-corrected chi connectivity index (χ0v) is 22.9. The summed E-state index contributed by atoms with van der Waals surface area (Å²) in [6, 6.07) is 21.9. The molecule has 1 N–H and O–H groups in total. The van der Waals surface area contributed by atoms with Crippen molar-refractivity contribution in [1.82, 2.24) is 0 Å². The molecule has 3 amide bonds. The largest absolute Gasteiger partial charge is 0.452 e. The number of ether oxygens (including phenoxy) is 1. The van der Waals surface area contributed by atoms with Crippen LogP contribution in [0, 0.1) is 30.6 Å². The maximum Gasteiger partial charge on any atom is 0.338 e. The molecule has 6 rings (SSSR count). The molecular weight excluding hydrogens is 560 g/mol. The lowest BCUT2D eigenvalue weighted by molar-refractivity contribution is -0.123. The number of halogens is 1. The molecule has 0 spiro atoms. The van der Waals surface area contributed by atoms with Gasteiger partial charge in [-0.25, -0.2) is 4.79 Å². The Balaban J connectivity index is 1.09. The van der Waals surface area contributed by atoms with E-state index in [0.29, 0.717) is 17.3 Å². The number of nitrogens with zero attached hydrogens (tertiary/aromatic N) is 1. The first-order chi connectivity index (χ1) is 18.8. The van der Waals surface area contributed by atoms with E-state index in [1.807, 2.05) is 37.3 Å². The van der Waals surface area contributed by atoms with Crippen molar-refractivity contribution in [3.63, 3.8) is 0 Å². The summed E-state index contributed by atoms with van der Waals surface area (Å²) in [7, 11) is 0. The molecule has 3 aromatic carbocycles. The van der Waals surface area contributed by atoms with Gasteiger partial charge in [0.15, 0.2) is 6.61 Å². The quantitative estimate of drug-likeness (QED) is 0.305. The minimum Gasteiger partial charge on any atom is -0.452 e. The summed E-state index contributed by atoms with van der Waals surface area (Å²) in [5, 5.41) is 2.70. The molecule has 1 saturated heterocycles. The average molecular weight is 587 g/mol. The van der Waals surface area contributed by atoms with E-state index >= 15 is 0 Å². The number of hydrogen-bond donors (Lipinski definition) is 1. The van der Waals surface area contributed by atoms with Crippen LogP contribution in [0.15, 0.2) is 77.3 Å². The van der Waals surface area contributed by atoms with Crippen molar-refractivity contribution in [2.24, 2.45) is 23.7 Å². The molecule has 0 unspecified atom stereocenters. The van der Waals surface area contributed by atoms with Gasteiger partial charge in [-0.2, -0.15) is 0 Å². The highest BCUT2D eigenvalue weighted by Gasteiger charge is 2.64. The molecule has 2 bridgehead atoms. The van der Waals surface area contributed by atoms with E-state index < -0.39 is 18.5 Å². The van der Waals surface area contributed by atoms with Gasteiger partial charge in [-0.1, -0.05) is 46.3 Å². The highest BCUT2D eigenvalue weighted by Crippen LogP contribution is 2.61. The minimum absolute atomic E-state index is 0.140. The van der Waals surface area contributed by atoms with Crippen LogP contribution in [0.25, 0.3) is 0 Å². The van der Waals surface area contributed by atoms with Gasteiger partial charge < -0.3 is 10.1 Å². The zero-order chi connectivity index (χ0) is 27.3. The smallest absolute Gasteiger partial charge is 0.338 e. The van der Waals surface area contributed by atoms with Gasteiger partial charge in [0.1, 0.15) is 0 Å². The van der Waals surface area contributed by atoms with E-state index in [1.54, 1.807) is 18.2 Å². The second-order valence-electron chi connectivity index (χ2n) is 10.6. The van der Waals surface area contributed by atoms with Crippen molar-refractivity contribution in [3.05, 3.63) is 94.0 Å². The molecule has 1 aliphatic heterocycles. The normalized spacial score (nSPS) is 25.1. The van der Waals surface area contributed by atoms with E-state index in [9.17, 15) is 19.2 Å². The van der Waals surface area contributed by atoms with E-state index in [2.05, 4.69) is 33.4 Å². The van der Waals surface area contributed by atoms with E-state index in [1.165, 1.54) is 22.6 Å². The highest BCUT2D eigenvalue weighted by atomic mass is 79.9. The number of carbonyl (C=O) groups is 4. The fourth-order valence-corrected chi connectivity index (χ4v) is 6.92. The van der Waals surface area contributed by atoms with Gasteiger partial charge in [-0.15, -0.1) is 0 Å². The minimum atomic E-state index is -0.664. The van der Waals surface area contributed by atoms with Gasteiger partial charge in [0.2, 0.25) is 11.8 Å². The van der Waals surface area contributed by atoms with Crippen molar-refractivity contribution in [2.45, 2.75) is 25.7 Å². The number of carbonyl (C=O) groups excluding carboxylic acids is 4. The van der Waals surface area contributed by atoms with Crippen LogP contribution in [0.4, 0.5) is 11.4 Å². The third-order valence-electron chi connectivity index (χ3n) is 8.38. The van der Waals surface area contributed by atoms with Crippen LogP contribution >= 0.6 is 15.9 Å². The van der Waals surface area contributed by atoms with Crippen LogP contribution in [0.1, 0.15) is 40.2 Å². The summed E-state index contributed by atoms with van der Waals surface area (Å²) in [6.45, 7) is 1.47. The van der Waals surface area contributed by atoms with E-state index in [-0.39, 0.29) is 41.0 Å². The molecule has 1 heterocycles. The highest BCUT2D eigenvalue weighted by molar-refractivity contribution is 9.10. The lowest BCUT2D eigenvalue weighted by atomic mass is 9.73. The molecule has 3 fully saturated rings. The number of hydrogen-bond acceptors (Lipinski definition) is 5. The molecule has 198 valence electrons. The van der Waals surface area contributed by atoms with Gasteiger partial charge in [-0.3, -0.25) is 19.3 Å². The first-order valence-corrected chi connectivity index (χ1v) is 13.9. The second-order valence-corrected chi connectivity index (χ2v) is 11.5. The van der Waals surface area contributed by atoms with Crippen molar-refractivity contribution >= 4 is 51.0 Å². The number of anilines is 2. The fourth-order valence-electron chi connectivity index (χ4n) is 6.68. The number of imide groups is 1. The predicted octanol–water partition coefficient (Wildman–Crippen LogP) is 5.48. The summed E-state index contributed by atoms with van der Waals surface area (Å²) in [5.74, 6) is -1.27. The number of nitrogens with one attached hydrogen (secondary N) is 1. The Hall–Kier alpha value is -3.78. The molecule has 2 aliphatic carbocycles. The summed E-state index contributed by atoms with van der Waals surface area (Å²) in [5.41, 5.74) is 3.50. The maximum atomic E-state index is 13.5. The topological polar surface area (TPSA) is 92.8 Å². The van der Waals surface area contributed by atoms with Crippen molar-refractivity contribution in [1.29, 1.82) is 0 Å². The third-order valence-corrected chi connectivity index (χ3v) is 9.27. The van der Waals surface area contributed by atoms with Gasteiger partial charge in [0.25, 0.3) is 5.91 Å². The van der Waals surface area contributed by atoms with Gasteiger partial charge in [-0.05, 0) is 91.1 Å². The van der Waals surface area contributed by atoms with E-state index in [4.69, 9.17) is 4.74 Å². The number of rotatable bonds is 6. The lowest BCUT2D eigenvalue weighted by Crippen LogP contribution is -2.33. The molecule has 2 saturated carbocycles. The second kappa shape index (κ2) is 10.1. The number of aryl methyl sites for hydroxylation is 1. The third kappa shape index (κ3) is 4.56. The lowest BCUT2D eigenvalue weighted by Gasteiger charge is -2.28. The Morgan fingerprint density at radius 2 is 1.67 bits per heavy atom. The van der Waals surface area contributed by atoms with Crippen LogP contribution in [-0.4, -0.2) is 30.3 Å². The summed E-state index contributed by atoms with van der Waals surface area (Å²) in [4.78, 5) is 53.0. The molecule has 3 aromatic rings. The molecule has 5 atom stereocenters. The number of esters is 1. The van der Waals surface area contributed by atoms with Gasteiger partial charge >= 0.3 is 5.97 Å². The van der Waals surface area contributed by atoms with Crippen molar-refractivity contribution < 1.29 is 23.9 Å². The molecular formula is C31H27BrN2O5. The SMILES string of the molecule is Cc1cc(NC(=O)COC(=O)c2ccc(N3C(=O)[C@@H]4[C@@H]5C[C@@H]([C@H]4C3=O)[C@H](c3ccccc3)C5)cc2)ccc1Br. The van der Waals surface area contributed by atoms with Crippen LogP contribution in [0.2, 0.25) is 0 Å². The molecule has 39 heavy (non-hydrogen) atoms. The number of amides is 3. The zero-order valence-electron chi connectivity index (χ0n) is 21.3.